The summed E-state index contributed by atoms with van der Waals surface area (Å²) < 4.78 is 11.6. The summed E-state index contributed by atoms with van der Waals surface area (Å²) in [5.41, 5.74) is 0.817. The molecule has 0 radical (unpaired) electrons. The van der Waals surface area contributed by atoms with Gasteiger partial charge in [0.25, 0.3) is 5.89 Å². The number of rotatable bonds is 5. The van der Waals surface area contributed by atoms with Gasteiger partial charge in [0, 0.05) is 25.3 Å². The molecule has 126 valence electrons. The molecular formula is C18H21N3O3. The molecule has 1 aliphatic carbocycles. The van der Waals surface area contributed by atoms with Crippen LogP contribution in [0.3, 0.4) is 0 Å². The monoisotopic (exact) mass is 327 g/mol. The molecule has 1 unspecified atom stereocenters. The fourth-order valence-corrected chi connectivity index (χ4v) is 3.05. The van der Waals surface area contributed by atoms with Crippen LogP contribution < -0.4 is 4.74 Å². The first-order valence-corrected chi connectivity index (χ1v) is 8.62. The lowest BCUT2D eigenvalue weighted by Gasteiger charge is -2.17. The number of nitrogens with zero attached hydrogens (tertiary/aromatic N) is 3. The molecule has 1 atom stereocenters. The van der Waals surface area contributed by atoms with Crippen LogP contribution in [0.5, 0.6) is 5.75 Å². The smallest absolute Gasteiger partial charge is 0.261 e. The van der Waals surface area contributed by atoms with Gasteiger partial charge in [0.15, 0.2) is 5.82 Å². The average Bonchev–Trinajstić information content (AvgIpc) is 3.16. The number of amides is 1. The first-order valence-electron chi connectivity index (χ1n) is 8.62. The number of hydrogen-bond donors (Lipinski definition) is 0. The van der Waals surface area contributed by atoms with Crippen LogP contribution in [0.1, 0.15) is 44.3 Å². The van der Waals surface area contributed by atoms with Crippen molar-refractivity contribution in [3.63, 3.8) is 0 Å². The van der Waals surface area contributed by atoms with Gasteiger partial charge in [-0.2, -0.15) is 4.98 Å². The van der Waals surface area contributed by atoms with Gasteiger partial charge in [0.2, 0.25) is 5.91 Å². The summed E-state index contributed by atoms with van der Waals surface area (Å²) in [6, 6.07) is 7.72. The van der Waals surface area contributed by atoms with Gasteiger partial charge in [0.05, 0.1) is 12.1 Å². The molecule has 2 fully saturated rings. The van der Waals surface area contributed by atoms with E-state index in [4.69, 9.17) is 9.26 Å². The standard InChI is InChI=1S/C18H21N3O3/c1-2-16(22)21-10-9-13(11-21)23-15-6-4-3-5-14(15)18-19-17(20-24-18)12-7-8-12/h3-6,12-13H,2,7-11H2,1H3. The van der Waals surface area contributed by atoms with Crippen LogP contribution in [0.2, 0.25) is 0 Å². The zero-order chi connectivity index (χ0) is 16.5. The van der Waals surface area contributed by atoms with Crippen molar-refractivity contribution in [2.24, 2.45) is 0 Å². The predicted octanol–water partition coefficient (Wildman–Crippen LogP) is 3.00. The quantitative estimate of drug-likeness (QED) is 0.844. The fraction of sp³-hybridized carbons (Fsp3) is 0.500. The van der Waals surface area contributed by atoms with Crippen molar-refractivity contribution in [2.45, 2.75) is 44.6 Å². The van der Waals surface area contributed by atoms with Gasteiger partial charge >= 0.3 is 0 Å². The lowest BCUT2D eigenvalue weighted by molar-refractivity contribution is -0.130. The molecule has 2 aliphatic rings. The van der Waals surface area contributed by atoms with Crippen LogP contribution >= 0.6 is 0 Å². The molecule has 1 aromatic carbocycles. The maximum absolute atomic E-state index is 11.8. The molecule has 1 saturated heterocycles. The third kappa shape index (κ3) is 3.00. The highest BCUT2D eigenvalue weighted by atomic mass is 16.5. The minimum absolute atomic E-state index is 0.00692. The molecule has 1 aliphatic heterocycles. The Morgan fingerprint density at radius 3 is 2.96 bits per heavy atom. The maximum Gasteiger partial charge on any atom is 0.261 e. The van der Waals surface area contributed by atoms with E-state index in [-0.39, 0.29) is 12.0 Å². The van der Waals surface area contributed by atoms with Gasteiger partial charge in [-0.3, -0.25) is 4.79 Å². The normalized spacial score (nSPS) is 20.4. The summed E-state index contributed by atoms with van der Waals surface area (Å²) in [6.45, 7) is 3.28. The lowest BCUT2D eigenvalue weighted by atomic mass is 10.2. The first kappa shape index (κ1) is 15.2. The van der Waals surface area contributed by atoms with E-state index >= 15 is 0 Å². The third-order valence-corrected chi connectivity index (χ3v) is 4.60. The van der Waals surface area contributed by atoms with Crippen molar-refractivity contribution >= 4 is 5.91 Å². The Morgan fingerprint density at radius 1 is 1.33 bits per heavy atom. The van der Waals surface area contributed by atoms with Crippen molar-refractivity contribution in [3.8, 4) is 17.2 Å². The largest absolute Gasteiger partial charge is 0.488 e. The van der Waals surface area contributed by atoms with E-state index in [0.29, 0.717) is 24.8 Å². The third-order valence-electron chi connectivity index (χ3n) is 4.60. The molecule has 4 rings (SSSR count). The van der Waals surface area contributed by atoms with Crippen molar-refractivity contribution < 1.29 is 14.1 Å². The molecule has 24 heavy (non-hydrogen) atoms. The van der Waals surface area contributed by atoms with E-state index < -0.39 is 0 Å². The van der Waals surface area contributed by atoms with E-state index in [0.717, 1.165) is 42.9 Å². The summed E-state index contributed by atoms with van der Waals surface area (Å²) >= 11 is 0. The highest BCUT2D eigenvalue weighted by Crippen LogP contribution is 2.39. The van der Waals surface area contributed by atoms with Gasteiger partial charge in [-0.15, -0.1) is 0 Å². The van der Waals surface area contributed by atoms with Crippen LogP contribution in [0.15, 0.2) is 28.8 Å². The molecule has 0 N–H and O–H groups in total. The second-order valence-electron chi connectivity index (χ2n) is 6.45. The van der Waals surface area contributed by atoms with Gasteiger partial charge < -0.3 is 14.2 Å². The number of hydrogen-bond acceptors (Lipinski definition) is 5. The van der Waals surface area contributed by atoms with E-state index in [9.17, 15) is 4.79 Å². The topological polar surface area (TPSA) is 68.5 Å². The number of para-hydroxylation sites is 1. The number of carbonyl (C=O) groups is 1. The van der Waals surface area contributed by atoms with Crippen LogP contribution in [-0.2, 0) is 4.79 Å². The summed E-state index contributed by atoms with van der Waals surface area (Å²) in [5.74, 6) is 2.67. The van der Waals surface area contributed by atoms with Gasteiger partial charge in [-0.05, 0) is 25.0 Å². The predicted molar refractivity (Wildman–Crippen MR) is 87.6 cm³/mol. The molecule has 1 saturated carbocycles. The van der Waals surface area contributed by atoms with Gasteiger partial charge in [-0.1, -0.05) is 24.2 Å². The maximum atomic E-state index is 11.8. The molecule has 0 spiro atoms. The highest BCUT2D eigenvalue weighted by Gasteiger charge is 2.30. The molecule has 6 heteroatoms. The zero-order valence-corrected chi connectivity index (χ0v) is 13.8. The minimum Gasteiger partial charge on any atom is -0.488 e. The van der Waals surface area contributed by atoms with Crippen LogP contribution in [-0.4, -0.2) is 40.1 Å². The second-order valence-corrected chi connectivity index (χ2v) is 6.45. The Kier molecular flexibility index (Phi) is 3.96. The SMILES string of the molecule is CCC(=O)N1CCC(Oc2ccccc2-c2nc(C3CC3)no2)C1. The van der Waals surface area contributed by atoms with E-state index in [1.54, 1.807) is 0 Å². The minimum atomic E-state index is 0.00692. The molecule has 1 aromatic heterocycles. The molecule has 2 heterocycles. The molecule has 1 amide bonds. The van der Waals surface area contributed by atoms with Crippen LogP contribution in [0.25, 0.3) is 11.5 Å². The van der Waals surface area contributed by atoms with Crippen molar-refractivity contribution in [2.75, 3.05) is 13.1 Å². The summed E-state index contributed by atoms with van der Waals surface area (Å²) in [4.78, 5) is 18.2. The van der Waals surface area contributed by atoms with Crippen molar-refractivity contribution in [3.05, 3.63) is 30.1 Å². The van der Waals surface area contributed by atoms with Gasteiger partial charge in [-0.25, -0.2) is 0 Å². The molecule has 2 aromatic rings. The fourth-order valence-electron chi connectivity index (χ4n) is 3.05. The average molecular weight is 327 g/mol. The molecule has 6 nitrogen and oxygen atoms in total. The van der Waals surface area contributed by atoms with Gasteiger partial charge in [0.1, 0.15) is 11.9 Å². The lowest BCUT2D eigenvalue weighted by Crippen LogP contribution is -2.30. The number of ether oxygens (including phenoxy) is 1. The van der Waals surface area contributed by atoms with E-state index in [1.807, 2.05) is 36.1 Å². The number of benzene rings is 1. The first-order chi connectivity index (χ1) is 11.7. The Bertz CT molecular complexity index is 739. The van der Waals surface area contributed by atoms with E-state index in [2.05, 4.69) is 10.1 Å². The number of likely N-dealkylation sites (tertiary alicyclic amines) is 1. The highest BCUT2D eigenvalue weighted by molar-refractivity contribution is 5.76. The molecule has 0 bridgehead atoms. The second kappa shape index (κ2) is 6.26. The van der Waals surface area contributed by atoms with Crippen LogP contribution in [0.4, 0.5) is 0 Å². The Labute approximate surface area is 140 Å². The number of carbonyl (C=O) groups excluding carboxylic acids is 1. The molecular weight excluding hydrogens is 306 g/mol. The Morgan fingerprint density at radius 2 is 2.17 bits per heavy atom. The Balaban J connectivity index is 1.50. The Hall–Kier alpha value is -2.37. The van der Waals surface area contributed by atoms with Crippen molar-refractivity contribution in [1.82, 2.24) is 15.0 Å². The van der Waals surface area contributed by atoms with Crippen LogP contribution in [0, 0.1) is 0 Å². The summed E-state index contributed by atoms with van der Waals surface area (Å²) in [6.07, 6.45) is 3.67. The van der Waals surface area contributed by atoms with E-state index in [1.165, 1.54) is 0 Å². The zero-order valence-electron chi connectivity index (χ0n) is 13.8. The van der Waals surface area contributed by atoms with Crippen molar-refractivity contribution in [1.29, 1.82) is 0 Å². The summed E-state index contributed by atoms with van der Waals surface area (Å²) in [7, 11) is 0. The summed E-state index contributed by atoms with van der Waals surface area (Å²) in [5, 5.41) is 4.08. The number of aromatic nitrogens is 2.